The Balaban J connectivity index is 1.90. The van der Waals surface area contributed by atoms with Crippen molar-refractivity contribution < 1.29 is 10.2 Å². The van der Waals surface area contributed by atoms with Gasteiger partial charge in [-0.25, -0.2) is 0 Å². The molecule has 2 aromatic heterocycles. The predicted molar refractivity (Wildman–Crippen MR) is 140 cm³/mol. The summed E-state index contributed by atoms with van der Waals surface area (Å²) in [6.45, 7) is 3.04. The topological polar surface area (TPSA) is 116 Å². The van der Waals surface area contributed by atoms with Crippen LogP contribution in [0, 0.1) is 0 Å². The summed E-state index contributed by atoms with van der Waals surface area (Å²) >= 11 is 0. The molecule has 36 heavy (non-hydrogen) atoms. The van der Waals surface area contributed by atoms with Crippen molar-refractivity contribution in [2.24, 2.45) is 9.98 Å². The molecule has 0 spiro atoms. The zero-order valence-corrected chi connectivity index (χ0v) is 21.2. The fourth-order valence-electron chi connectivity index (χ4n) is 5.27. The first-order valence-electron chi connectivity index (χ1n) is 12.3. The number of fused-ring (bicyclic) bond motifs is 3. The molecule has 0 unspecified atom stereocenters. The van der Waals surface area contributed by atoms with E-state index in [1.54, 1.807) is 12.1 Å². The lowest BCUT2D eigenvalue weighted by atomic mass is 9.94. The van der Waals surface area contributed by atoms with Gasteiger partial charge in [0.25, 0.3) is 11.1 Å². The maximum absolute atomic E-state index is 13.8. The Morgan fingerprint density at radius 2 is 1.11 bits per heavy atom. The summed E-state index contributed by atoms with van der Waals surface area (Å²) in [6, 6.07) is 3.42. The van der Waals surface area contributed by atoms with Gasteiger partial charge in [-0.1, -0.05) is 0 Å². The minimum atomic E-state index is -0.361. The summed E-state index contributed by atoms with van der Waals surface area (Å²) in [5.74, 6) is -0.284. The quantitative estimate of drug-likeness (QED) is 0.346. The third-order valence-corrected chi connectivity index (χ3v) is 6.93. The number of pyridine rings is 2. The van der Waals surface area contributed by atoms with Crippen molar-refractivity contribution in [2.45, 2.75) is 25.9 Å². The molecule has 2 aromatic carbocycles. The summed E-state index contributed by atoms with van der Waals surface area (Å²) < 4.78 is 2.77. The normalized spacial score (nSPS) is 13.7. The smallest absolute Gasteiger partial charge is 0.263 e. The van der Waals surface area contributed by atoms with Crippen LogP contribution in [-0.2, 0) is 13.1 Å². The molecule has 2 N–H and O–H groups in total. The Bertz CT molecular complexity index is 1590. The highest BCUT2D eigenvalue weighted by atomic mass is 16.3. The molecule has 0 saturated heterocycles. The standard InChI is InChI=1S/C26H32N6O4/c1-29(2)11-5-13-31-23(33)15-7-8-16-18-17(15)19(25(31)35)21-22(28-10-9-27-21)20(18)26(36)32(24(16)34)14-6-12-30(3)4/h7-8,33-34H,5-6,9-14H2,1-4H3. The van der Waals surface area contributed by atoms with E-state index in [0.29, 0.717) is 82.1 Å². The number of hydrogen-bond donors (Lipinski definition) is 2. The Labute approximate surface area is 207 Å². The lowest BCUT2D eigenvalue weighted by Crippen LogP contribution is -2.40. The van der Waals surface area contributed by atoms with E-state index in [1.165, 1.54) is 9.13 Å². The first-order chi connectivity index (χ1) is 17.2. The third-order valence-electron chi connectivity index (χ3n) is 6.93. The van der Waals surface area contributed by atoms with E-state index in [0.717, 1.165) is 13.1 Å². The van der Waals surface area contributed by atoms with Gasteiger partial charge in [0.2, 0.25) is 11.8 Å². The molecule has 0 atom stereocenters. The van der Waals surface area contributed by atoms with Crippen molar-refractivity contribution in [3.8, 4) is 11.8 Å². The van der Waals surface area contributed by atoms with Crippen LogP contribution in [0.15, 0.2) is 31.7 Å². The summed E-state index contributed by atoms with van der Waals surface area (Å²) in [7, 11) is 7.83. The number of hydrogen-bond acceptors (Lipinski definition) is 8. The molecule has 0 fully saturated rings. The van der Waals surface area contributed by atoms with E-state index in [9.17, 15) is 19.8 Å². The molecule has 0 saturated carbocycles. The maximum Gasteiger partial charge on any atom is 0.263 e. The van der Waals surface area contributed by atoms with Gasteiger partial charge in [0.05, 0.1) is 34.6 Å². The predicted octanol–water partition coefficient (Wildman–Crippen LogP) is 0.475. The molecule has 1 aliphatic heterocycles. The minimum absolute atomic E-state index is 0.142. The zero-order chi connectivity index (χ0) is 25.7. The van der Waals surface area contributed by atoms with Crippen LogP contribution in [0.4, 0.5) is 0 Å². The average molecular weight is 493 g/mol. The monoisotopic (exact) mass is 492 g/mol. The molecule has 0 amide bonds. The summed E-state index contributed by atoms with van der Waals surface area (Å²) in [5.41, 5.74) is -0.722. The molecular weight excluding hydrogens is 460 g/mol. The number of nitrogens with zero attached hydrogens (tertiary/aromatic N) is 6. The van der Waals surface area contributed by atoms with Gasteiger partial charge in [-0.3, -0.25) is 28.7 Å². The van der Waals surface area contributed by atoms with Gasteiger partial charge in [-0.2, -0.15) is 0 Å². The molecule has 4 aromatic rings. The molecule has 0 radical (unpaired) electrons. The van der Waals surface area contributed by atoms with Crippen molar-refractivity contribution in [3.05, 3.63) is 43.6 Å². The summed E-state index contributed by atoms with van der Waals surface area (Å²) in [4.78, 5) is 40.9. The Morgan fingerprint density at radius 1 is 0.722 bits per heavy atom. The van der Waals surface area contributed by atoms with Crippen molar-refractivity contribution in [3.63, 3.8) is 0 Å². The summed E-state index contributed by atoms with van der Waals surface area (Å²) in [5, 5.41) is 25.7. The molecule has 190 valence electrons. The van der Waals surface area contributed by atoms with Crippen LogP contribution in [0.5, 0.6) is 11.8 Å². The van der Waals surface area contributed by atoms with Crippen LogP contribution >= 0.6 is 0 Å². The van der Waals surface area contributed by atoms with E-state index in [-0.39, 0.29) is 22.9 Å². The van der Waals surface area contributed by atoms with Gasteiger partial charge < -0.3 is 20.0 Å². The number of benzene rings is 2. The van der Waals surface area contributed by atoms with Crippen LogP contribution in [0.2, 0.25) is 0 Å². The maximum atomic E-state index is 13.8. The largest absolute Gasteiger partial charge is 0.494 e. The van der Waals surface area contributed by atoms with E-state index >= 15 is 0 Å². The van der Waals surface area contributed by atoms with Gasteiger partial charge in [0.1, 0.15) is 0 Å². The van der Waals surface area contributed by atoms with E-state index in [2.05, 4.69) is 9.98 Å². The molecule has 10 heteroatoms. The number of rotatable bonds is 8. The second-order valence-corrected chi connectivity index (χ2v) is 10.00. The van der Waals surface area contributed by atoms with Crippen LogP contribution in [-0.4, -0.2) is 83.5 Å². The van der Waals surface area contributed by atoms with Crippen molar-refractivity contribution in [2.75, 3.05) is 54.4 Å². The van der Waals surface area contributed by atoms with Crippen LogP contribution in [0.25, 0.3) is 32.3 Å². The zero-order valence-electron chi connectivity index (χ0n) is 21.2. The summed E-state index contributed by atoms with van der Waals surface area (Å²) in [6.07, 6.45) is 1.35. The van der Waals surface area contributed by atoms with E-state index in [1.807, 2.05) is 38.0 Å². The average Bonchev–Trinajstić information content (AvgIpc) is 2.84. The van der Waals surface area contributed by atoms with Crippen LogP contribution < -0.4 is 21.8 Å². The lowest BCUT2D eigenvalue weighted by molar-refractivity contribution is 0.364. The Hall–Kier alpha value is -3.50. The Kier molecular flexibility index (Phi) is 6.17. The Morgan fingerprint density at radius 3 is 1.47 bits per heavy atom. The van der Waals surface area contributed by atoms with Gasteiger partial charge in [0, 0.05) is 34.6 Å². The number of aromatic hydroxyl groups is 2. The van der Waals surface area contributed by atoms with Crippen LogP contribution in [0.1, 0.15) is 12.8 Å². The van der Waals surface area contributed by atoms with Crippen LogP contribution in [0.3, 0.4) is 0 Å². The molecule has 0 bridgehead atoms. The first kappa shape index (κ1) is 24.2. The van der Waals surface area contributed by atoms with Gasteiger partial charge in [-0.05, 0) is 66.3 Å². The third kappa shape index (κ3) is 3.72. The molecule has 5 rings (SSSR count). The highest BCUT2D eigenvalue weighted by Crippen LogP contribution is 2.36. The van der Waals surface area contributed by atoms with Gasteiger partial charge in [-0.15, -0.1) is 0 Å². The van der Waals surface area contributed by atoms with Gasteiger partial charge >= 0.3 is 0 Å². The second kappa shape index (κ2) is 9.18. The van der Waals surface area contributed by atoms with E-state index in [4.69, 9.17) is 0 Å². The fourth-order valence-corrected chi connectivity index (χ4v) is 5.27. The number of aromatic nitrogens is 2. The van der Waals surface area contributed by atoms with Crippen molar-refractivity contribution >= 4 is 32.3 Å². The molecule has 3 heterocycles. The molecule has 1 aliphatic rings. The second-order valence-electron chi connectivity index (χ2n) is 10.00. The van der Waals surface area contributed by atoms with E-state index < -0.39 is 0 Å². The highest BCUT2D eigenvalue weighted by molar-refractivity contribution is 6.24. The molecular formula is C26H32N6O4. The highest BCUT2D eigenvalue weighted by Gasteiger charge is 2.25. The SMILES string of the molecule is CN(C)CCCn1c(O)c2ccc3c(O)n(CCCN(C)C)c(=O)c4c5c(c(c1=O)c2c34)=NCCN=5. The molecule has 0 aliphatic carbocycles. The van der Waals surface area contributed by atoms with Crippen molar-refractivity contribution in [1.29, 1.82) is 0 Å². The molecule has 10 nitrogen and oxygen atoms in total. The van der Waals surface area contributed by atoms with Gasteiger partial charge in [0.15, 0.2) is 0 Å². The first-order valence-corrected chi connectivity index (χ1v) is 12.3. The van der Waals surface area contributed by atoms with Crippen molar-refractivity contribution in [1.82, 2.24) is 18.9 Å². The fraction of sp³-hybridized carbons (Fsp3) is 0.462. The lowest BCUT2D eigenvalue weighted by Gasteiger charge is -2.20. The minimum Gasteiger partial charge on any atom is -0.494 e.